The molecule has 1 rings (SSSR count). The first-order valence-electron chi connectivity index (χ1n) is 7.02. The number of hydrogen-bond donors (Lipinski definition) is 1. The van der Waals surface area contributed by atoms with Gasteiger partial charge < -0.3 is 4.90 Å². The van der Waals surface area contributed by atoms with Gasteiger partial charge in [-0.05, 0) is 24.7 Å². The summed E-state index contributed by atoms with van der Waals surface area (Å²) < 4.78 is 0. The summed E-state index contributed by atoms with van der Waals surface area (Å²) in [5.74, 6) is 1.18. The monoisotopic (exact) mass is 240 g/mol. The molecule has 0 radical (unpaired) electrons. The van der Waals surface area contributed by atoms with Crippen LogP contribution < -0.4 is 5.32 Å². The lowest BCUT2D eigenvalue weighted by Gasteiger charge is -2.34. The van der Waals surface area contributed by atoms with Crippen LogP contribution in [0.15, 0.2) is 0 Å². The number of rotatable bonds is 5. The van der Waals surface area contributed by atoms with Crippen LogP contribution in [0.1, 0.15) is 54.4 Å². The molecule has 1 aliphatic rings. The van der Waals surface area contributed by atoms with E-state index >= 15 is 0 Å². The molecule has 0 aromatic heterocycles. The molecular formula is C14H28N2O. The first kappa shape index (κ1) is 14.5. The highest BCUT2D eigenvalue weighted by Crippen LogP contribution is 2.26. The lowest BCUT2D eigenvalue weighted by Crippen LogP contribution is -2.46. The van der Waals surface area contributed by atoms with Gasteiger partial charge in [0.15, 0.2) is 0 Å². The summed E-state index contributed by atoms with van der Waals surface area (Å²) >= 11 is 0. The second-order valence-corrected chi connectivity index (χ2v) is 5.78. The predicted octanol–water partition coefficient (Wildman–Crippen LogP) is 2.61. The molecular weight excluding hydrogens is 212 g/mol. The van der Waals surface area contributed by atoms with Crippen LogP contribution in [0.2, 0.25) is 0 Å². The van der Waals surface area contributed by atoms with Crippen molar-refractivity contribution in [3.8, 4) is 0 Å². The van der Waals surface area contributed by atoms with E-state index in [0.717, 1.165) is 12.8 Å². The summed E-state index contributed by atoms with van der Waals surface area (Å²) in [6, 6.07) is 0.372. The van der Waals surface area contributed by atoms with Gasteiger partial charge in [0.25, 0.3) is 0 Å². The van der Waals surface area contributed by atoms with Crippen LogP contribution in [0.5, 0.6) is 0 Å². The number of carbonyl (C=O) groups excluding carboxylic acids is 1. The number of amides is 1. The average molecular weight is 240 g/mol. The van der Waals surface area contributed by atoms with Gasteiger partial charge in [-0.25, -0.2) is 0 Å². The Hall–Kier alpha value is -0.570. The van der Waals surface area contributed by atoms with Gasteiger partial charge in [0.05, 0.1) is 12.2 Å². The molecule has 0 aromatic rings. The molecule has 3 heteroatoms. The highest BCUT2D eigenvalue weighted by atomic mass is 16.2. The Kier molecular flexibility index (Phi) is 4.99. The zero-order chi connectivity index (χ0) is 13.2. The first-order valence-corrected chi connectivity index (χ1v) is 7.02. The summed E-state index contributed by atoms with van der Waals surface area (Å²) in [5.41, 5.74) is 0. The average Bonchev–Trinajstić information content (AvgIpc) is 2.57. The van der Waals surface area contributed by atoms with E-state index in [9.17, 15) is 4.79 Å². The maximum atomic E-state index is 12.5. The molecule has 1 N–H and O–H groups in total. The number of hydrogen-bond acceptors (Lipinski definition) is 2. The minimum atomic E-state index is 0.00718. The zero-order valence-corrected chi connectivity index (χ0v) is 12.2. The summed E-state index contributed by atoms with van der Waals surface area (Å²) in [7, 11) is 0. The molecule has 1 fully saturated rings. The molecule has 1 heterocycles. The van der Waals surface area contributed by atoms with Crippen LogP contribution in [0, 0.1) is 11.8 Å². The Morgan fingerprint density at radius 3 is 2.18 bits per heavy atom. The van der Waals surface area contributed by atoms with Crippen LogP contribution in [0.4, 0.5) is 0 Å². The molecule has 0 bridgehead atoms. The molecule has 100 valence electrons. The Balaban J connectivity index is 2.91. The normalized spacial score (nSPS) is 27.3. The lowest BCUT2D eigenvalue weighted by molar-refractivity contribution is -0.134. The van der Waals surface area contributed by atoms with Gasteiger partial charge in [0.2, 0.25) is 5.91 Å². The fraction of sp³-hybridized carbons (Fsp3) is 0.929. The van der Waals surface area contributed by atoms with Crippen molar-refractivity contribution in [1.29, 1.82) is 0 Å². The third-order valence-corrected chi connectivity index (χ3v) is 3.83. The standard InChI is InChI=1S/C14H28N2O/c1-7-11(9(3)4)16-12(8-2)15-13(10(5)6)14(16)17/h9-13,15H,7-8H2,1-6H3. The van der Waals surface area contributed by atoms with Crippen molar-refractivity contribution in [2.24, 2.45) is 11.8 Å². The molecule has 0 aromatic carbocycles. The Bertz CT molecular complexity index is 263. The van der Waals surface area contributed by atoms with Crippen molar-refractivity contribution in [2.45, 2.75) is 72.6 Å². The Morgan fingerprint density at radius 2 is 1.82 bits per heavy atom. The SMILES string of the molecule is CCC1NC(C(C)C)C(=O)N1C(CC)C(C)C. The van der Waals surface area contributed by atoms with Crippen molar-refractivity contribution in [3.05, 3.63) is 0 Å². The quantitative estimate of drug-likeness (QED) is 0.801. The van der Waals surface area contributed by atoms with Gasteiger partial charge in [0, 0.05) is 6.04 Å². The minimum absolute atomic E-state index is 0.00718. The third-order valence-electron chi connectivity index (χ3n) is 3.83. The largest absolute Gasteiger partial charge is 0.323 e. The predicted molar refractivity (Wildman–Crippen MR) is 71.6 cm³/mol. The molecule has 1 saturated heterocycles. The van der Waals surface area contributed by atoms with E-state index in [4.69, 9.17) is 0 Å². The topological polar surface area (TPSA) is 32.3 Å². The maximum absolute atomic E-state index is 12.5. The van der Waals surface area contributed by atoms with Crippen molar-refractivity contribution >= 4 is 5.91 Å². The van der Waals surface area contributed by atoms with Gasteiger partial charge in [0.1, 0.15) is 0 Å². The van der Waals surface area contributed by atoms with Crippen LogP contribution in [-0.2, 0) is 4.79 Å². The van der Waals surface area contributed by atoms with Crippen LogP contribution in [-0.4, -0.2) is 29.1 Å². The van der Waals surface area contributed by atoms with Gasteiger partial charge >= 0.3 is 0 Å². The van der Waals surface area contributed by atoms with Crippen molar-refractivity contribution in [2.75, 3.05) is 0 Å². The molecule has 0 spiro atoms. The smallest absolute Gasteiger partial charge is 0.241 e. The van der Waals surface area contributed by atoms with E-state index in [1.165, 1.54) is 0 Å². The fourth-order valence-corrected chi connectivity index (χ4v) is 2.85. The summed E-state index contributed by atoms with van der Waals surface area (Å²) in [4.78, 5) is 14.6. The second kappa shape index (κ2) is 5.85. The Labute approximate surface area is 106 Å². The fourth-order valence-electron chi connectivity index (χ4n) is 2.85. The van der Waals surface area contributed by atoms with Crippen LogP contribution in [0.25, 0.3) is 0 Å². The molecule has 0 saturated carbocycles. The molecule has 0 aliphatic carbocycles. The van der Waals surface area contributed by atoms with Crippen molar-refractivity contribution in [1.82, 2.24) is 10.2 Å². The second-order valence-electron chi connectivity index (χ2n) is 5.78. The van der Waals surface area contributed by atoms with E-state index < -0.39 is 0 Å². The highest BCUT2D eigenvalue weighted by Gasteiger charge is 2.42. The van der Waals surface area contributed by atoms with Gasteiger partial charge in [-0.3, -0.25) is 10.1 Å². The summed E-state index contributed by atoms with van der Waals surface area (Å²) in [5, 5.41) is 3.49. The molecule has 1 amide bonds. The molecule has 1 aliphatic heterocycles. The van der Waals surface area contributed by atoms with Crippen LogP contribution >= 0.6 is 0 Å². The first-order chi connectivity index (χ1) is 7.93. The number of carbonyl (C=O) groups is 1. The maximum Gasteiger partial charge on any atom is 0.241 e. The number of nitrogens with zero attached hydrogens (tertiary/aromatic N) is 1. The van der Waals surface area contributed by atoms with Crippen molar-refractivity contribution < 1.29 is 4.79 Å². The van der Waals surface area contributed by atoms with Crippen molar-refractivity contribution in [3.63, 3.8) is 0 Å². The van der Waals surface area contributed by atoms with Gasteiger partial charge in [-0.2, -0.15) is 0 Å². The molecule has 3 unspecified atom stereocenters. The lowest BCUT2D eigenvalue weighted by atomic mass is 9.98. The molecule has 17 heavy (non-hydrogen) atoms. The van der Waals surface area contributed by atoms with Gasteiger partial charge in [-0.1, -0.05) is 41.5 Å². The van der Waals surface area contributed by atoms with E-state index in [1.807, 2.05) is 0 Å². The van der Waals surface area contributed by atoms with E-state index in [2.05, 4.69) is 51.8 Å². The number of nitrogens with one attached hydrogen (secondary N) is 1. The van der Waals surface area contributed by atoms with E-state index in [-0.39, 0.29) is 12.2 Å². The highest BCUT2D eigenvalue weighted by molar-refractivity contribution is 5.85. The summed E-state index contributed by atoms with van der Waals surface area (Å²) in [6.45, 7) is 13.0. The van der Waals surface area contributed by atoms with E-state index in [1.54, 1.807) is 0 Å². The summed E-state index contributed by atoms with van der Waals surface area (Å²) in [6.07, 6.45) is 2.24. The van der Waals surface area contributed by atoms with Crippen LogP contribution in [0.3, 0.4) is 0 Å². The molecule has 3 nitrogen and oxygen atoms in total. The third kappa shape index (κ3) is 2.82. The zero-order valence-electron chi connectivity index (χ0n) is 12.2. The molecule has 3 atom stereocenters. The minimum Gasteiger partial charge on any atom is -0.323 e. The van der Waals surface area contributed by atoms with E-state index in [0.29, 0.717) is 23.8 Å². The Morgan fingerprint density at radius 1 is 1.24 bits per heavy atom. The van der Waals surface area contributed by atoms with Gasteiger partial charge in [-0.15, -0.1) is 0 Å².